The van der Waals surface area contributed by atoms with Crippen LogP contribution in [0.5, 0.6) is 0 Å². The minimum Gasteiger partial charge on any atom is -0.388 e. The number of alkyl halides is 1. The first-order chi connectivity index (χ1) is 5.33. The second-order valence-corrected chi connectivity index (χ2v) is 3.38. The fourth-order valence-electron chi connectivity index (χ4n) is 0.643. The van der Waals surface area contributed by atoms with Gasteiger partial charge in [0.1, 0.15) is 0 Å². The van der Waals surface area contributed by atoms with Gasteiger partial charge in [-0.3, -0.25) is 0 Å². The van der Waals surface area contributed by atoms with Crippen LogP contribution < -0.4 is 0 Å². The Labute approximate surface area is 74.9 Å². The average Bonchev–Trinajstić information content (AvgIpc) is 2.52. The molecule has 1 nitrogen and oxygen atoms in total. The summed E-state index contributed by atoms with van der Waals surface area (Å²) in [7, 11) is 0. The minimum absolute atomic E-state index is 0.252. The molecule has 1 aromatic rings. The third-order valence-electron chi connectivity index (χ3n) is 1.18. The molecular formula is C8H9ClOS. The molecule has 1 heterocycles. The average molecular weight is 189 g/mol. The van der Waals surface area contributed by atoms with E-state index in [1.54, 1.807) is 17.4 Å². The molecule has 0 aliphatic carbocycles. The Bertz CT molecular complexity index is 218. The van der Waals surface area contributed by atoms with Crippen molar-refractivity contribution in [2.24, 2.45) is 0 Å². The summed E-state index contributed by atoms with van der Waals surface area (Å²) in [5.74, 6) is 0.252. The van der Waals surface area contributed by atoms with Crippen molar-refractivity contribution in [1.29, 1.82) is 0 Å². The van der Waals surface area contributed by atoms with Gasteiger partial charge in [-0.2, -0.15) is 0 Å². The van der Waals surface area contributed by atoms with Crippen LogP contribution >= 0.6 is 22.9 Å². The highest BCUT2D eigenvalue weighted by atomic mass is 35.5. The fraction of sp³-hybridized carbons (Fsp3) is 0.250. The molecule has 11 heavy (non-hydrogen) atoms. The standard InChI is InChI=1S/C8H9ClOS/c9-6-7(10)3-4-8-2-1-5-11-8/h1-5,7,10H,6H2/b4-3+. The molecular weight excluding hydrogens is 180 g/mol. The van der Waals surface area contributed by atoms with Crippen LogP contribution in [-0.2, 0) is 0 Å². The zero-order chi connectivity index (χ0) is 8.10. The Hall–Kier alpha value is -0.310. The number of aliphatic hydroxyl groups excluding tert-OH is 1. The van der Waals surface area contributed by atoms with Crippen molar-refractivity contribution in [3.63, 3.8) is 0 Å². The lowest BCUT2D eigenvalue weighted by Gasteiger charge is -1.95. The zero-order valence-corrected chi connectivity index (χ0v) is 7.48. The second kappa shape index (κ2) is 4.54. The van der Waals surface area contributed by atoms with Crippen molar-refractivity contribution in [3.8, 4) is 0 Å². The van der Waals surface area contributed by atoms with Crippen LogP contribution in [0.3, 0.4) is 0 Å². The van der Waals surface area contributed by atoms with Gasteiger partial charge in [0.25, 0.3) is 0 Å². The molecule has 1 atom stereocenters. The van der Waals surface area contributed by atoms with E-state index in [2.05, 4.69) is 0 Å². The van der Waals surface area contributed by atoms with Crippen molar-refractivity contribution >= 4 is 29.0 Å². The highest BCUT2D eigenvalue weighted by Crippen LogP contribution is 2.10. The maximum Gasteiger partial charge on any atom is 0.0859 e. The lowest BCUT2D eigenvalue weighted by molar-refractivity contribution is 0.248. The smallest absolute Gasteiger partial charge is 0.0859 e. The third kappa shape index (κ3) is 3.06. The summed E-state index contributed by atoms with van der Waals surface area (Å²) in [6.45, 7) is 0. The SMILES string of the molecule is OC(/C=C/c1cccs1)CCl. The summed E-state index contributed by atoms with van der Waals surface area (Å²) in [6, 6.07) is 3.96. The van der Waals surface area contributed by atoms with Gasteiger partial charge in [-0.1, -0.05) is 12.1 Å². The predicted octanol–water partition coefficient (Wildman–Crippen LogP) is 2.36. The molecule has 0 aromatic carbocycles. The molecule has 0 bridgehead atoms. The first-order valence-corrected chi connectivity index (χ1v) is 4.70. The molecule has 0 fully saturated rings. The molecule has 0 saturated heterocycles. The van der Waals surface area contributed by atoms with Crippen LogP contribution in [0.4, 0.5) is 0 Å². The number of halogens is 1. The van der Waals surface area contributed by atoms with E-state index in [1.807, 2.05) is 23.6 Å². The van der Waals surface area contributed by atoms with E-state index < -0.39 is 6.10 Å². The van der Waals surface area contributed by atoms with Crippen LogP contribution in [-0.4, -0.2) is 17.1 Å². The predicted molar refractivity (Wildman–Crippen MR) is 50.1 cm³/mol. The quantitative estimate of drug-likeness (QED) is 0.723. The molecule has 0 saturated carbocycles. The van der Waals surface area contributed by atoms with Gasteiger partial charge in [-0.15, -0.1) is 22.9 Å². The molecule has 60 valence electrons. The summed E-state index contributed by atoms with van der Waals surface area (Å²) in [4.78, 5) is 1.13. The number of hydrogen-bond donors (Lipinski definition) is 1. The van der Waals surface area contributed by atoms with Crippen LogP contribution in [0.15, 0.2) is 23.6 Å². The number of thiophene rings is 1. The largest absolute Gasteiger partial charge is 0.388 e. The third-order valence-corrected chi connectivity index (χ3v) is 2.34. The highest BCUT2D eigenvalue weighted by Gasteiger charge is 1.93. The summed E-state index contributed by atoms with van der Waals surface area (Å²) in [5, 5.41) is 11.0. The first kappa shape index (κ1) is 8.78. The number of hydrogen-bond acceptors (Lipinski definition) is 2. The van der Waals surface area contributed by atoms with E-state index in [0.29, 0.717) is 0 Å². The molecule has 1 unspecified atom stereocenters. The molecule has 1 N–H and O–H groups in total. The van der Waals surface area contributed by atoms with E-state index in [-0.39, 0.29) is 5.88 Å². The molecule has 0 aliphatic heterocycles. The first-order valence-electron chi connectivity index (χ1n) is 3.28. The molecule has 0 radical (unpaired) electrons. The van der Waals surface area contributed by atoms with Crippen molar-refractivity contribution in [2.45, 2.75) is 6.10 Å². The Morgan fingerprint density at radius 1 is 1.73 bits per heavy atom. The maximum absolute atomic E-state index is 9.04. The zero-order valence-electron chi connectivity index (χ0n) is 5.90. The van der Waals surface area contributed by atoms with Crippen molar-refractivity contribution in [3.05, 3.63) is 28.5 Å². The highest BCUT2D eigenvalue weighted by molar-refractivity contribution is 7.10. The number of rotatable bonds is 3. The summed E-state index contributed by atoms with van der Waals surface area (Å²) in [6.07, 6.45) is 3.04. The van der Waals surface area contributed by atoms with E-state index in [1.165, 1.54) is 0 Å². The van der Waals surface area contributed by atoms with Crippen molar-refractivity contribution < 1.29 is 5.11 Å². The van der Waals surface area contributed by atoms with E-state index in [9.17, 15) is 0 Å². The van der Waals surface area contributed by atoms with Crippen LogP contribution in [0.2, 0.25) is 0 Å². The molecule has 0 spiro atoms. The summed E-state index contributed by atoms with van der Waals surface area (Å²) < 4.78 is 0. The monoisotopic (exact) mass is 188 g/mol. The van der Waals surface area contributed by atoms with Crippen LogP contribution in [0.1, 0.15) is 4.88 Å². The van der Waals surface area contributed by atoms with Gasteiger partial charge >= 0.3 is 0 Å². The Kier molecular flexibility index (Phi) is 3.63. The van der Waals surface area contributed by atoms with Gasteiger partial charge in [-0.05, 0) is 17.5 Å². The molecule has 1 aromatic heterocycles. The van der Waals surface area contributed by atoms with E-state index >= 15 is 0 Å². The summed E-state index contributed by atoms with van der Waals surface area (Å²) >= 11 is 7.03. The molecule has 1 rings (SSSR count). The topological polar surface area (TPSA) is 20.2 Å². The molecule has 0 amide bonds. The minimum atomic E-state index is -0.529. The lowest BCUT2D eigenvalue weighted by Crippen LogP contribution is -2.01. The van der Waals surface area contributed by atoms with Crippen molar-refractivity contribution in [2.75, 3.05) is 5.88 Å². The van der Waals surface area contributed by atoms with Crippen LogP contribution in [0, 0.1) is 0 Å². The van der Waals surface area contributed by atoms with Gasteiger partial charge in [0.2, 0.25) is 0 Å². The van der Waals surface area contributed by atoms with Gasteiger partial charge in [0.15, 0.2) is 0 Å². The molecule has 3 heteroatoms. The molecule has 0 aliphatic rings. The Morgan fingerprint density at radius 3 is 3.09 bits per heavy atom. The lowest BCUT2D eigenvalue weighted by atomic mass is 10.3. The maximum atomic E-state index is 9.04. The Balaban J connectivity index is 2.48. The van der Waals surface area contributed by atoms with E-state index in [0.717, 1.165) is 4.88 Å². The summed E-state index contributed by atoms with van der Waals surface area (Å²) in [5.41, 5.74) is 0. The van der Waals surface area contributed by atoms with E-state index in [4.69, 9.17) is 16.7 Å². The number of aliphatic hydroxyl groups is 1. The fourth-order valence-corrected chi connectivity index (χ4v) is 1.37. The van der Waals surface area contributed by atoms with Gasteiger partial charge in [-0.25, -0.2) is 0 Å². The normalized spacial score (nSPS) is 14.0. The van der Waals surface area contributed by atoms with Crippen LogP contribution in [0.25, 0.3) is 6.08 Å². The van der Waals surface area contributed by atoms with Gasteiger partial charge in [0, 0.05) is 4.88 Å². The van der Waals surface area contributed by atoms with Gasteiger partial charge < -0.3 is 5.11 Å². The van der Waals surface area contributed by atoms with Gasteiger partial charge in [0.05, 0.1) is 12.0 Å². The van der Waals surface area contributed by atoms with Crippen molar-refractivity contribution in [1.82, 2.24) is 0 Å². The Morgan fingerprint density at radius 2 is 2.55 bits per heavy atom. The second-order valence-electron chi connectivity index (χ2n) is 2.10.